The van der Waals surface area contributed by atoms with Gasteiger partial charge in [0.2, 0.25) is 11.8 Å². The van der Waals surface area contributed by atoms with Crippen molar-refractivity contribution < 1.29 is 22.7 Å². The molecule has 1 atom stereocenters. The zero-order valence-electron chi connectivity index (χ0n) is 27.2. The number of amides is 2. The van der Waals surface area contributed by atoms with Crippen LogP contribution in [0.1, 0.15) is 42.4 Å². The molecule has 0 spiro atoms. The van der Waals surface area contributed by atoms with Gasteiger partial charge in [-0.1, -0.05) is 102 Å². The maximum Gasteiger partial charge on any atom is 0.264 e. The van der Waals surface area contributed by atoms with E-state index in [-0.39, 0.29) is 40.5 Å². The van der Waals surface area contributed by atoms with E-state index in [1.54, 1.807) is 30.3 Å². The first kappa shape index (κ1) is 36.5. The Bertz CT molecular complexity index is 1890. The van der Waals surface area contributed by atoms with Crippen molar-refractivity contribution in [1.29, 1.82) is 0 Å². The molecule has 4 aromatic rings. The van der Waals surface area contributed by atoms with Gasteiger partial charge in [0.25, 0.3) is 10.0 Å². The topological polar surface area (TPSA) is 96.0 Å². The maximum absolute atomic E-state index is 14.7. The summed E-state index contributed by atoms with van der Waals surface area (Å²) in [7, 11) is -2.85. The molecule has 0 aliphatic heterocycles. The molecule has 0 radical (unpaired) electrons. The molecular weight excluding hydrogens is 705 g/mol. The highest BCUT2D eigenvalue weighted by Gasteiger charge is 2.36. The lowest BCUT2D eigenvalue weighted by Crippen LogP contribution is -2.54. The van der Waals surface area contributed by atoms with Crippen LogP contribution in [0, 0.1) is 6.92 Å². The number of hydrogen-bond acceptors (Lipinski definition) is 5. The Hall–Kier alpha value is -3.76. The summed E-state index contributed by atoms with van der Waals surface area (Å²) >= 11 is 19.3. The van der Waals surface area contributed by atoms with Gasteiger partial charge in [-0.2, -0.15) is 0 Å². The van der Waals surface area contributed by atoms with Crippen molar-refractivity contribution in [3.05, 3.63) is 123 Å². The minimum absolute atomic E-state index is 0.00931. The van der Waals surface area contributed by atoms with Crippen LogP contribution >= 0.6 is 34.8 Å². The standard InChI is InChI=1S/C37H38Cl3N3O5S/c1-25-12-17-31(18-13-25)49(46,47)43(30-16-19-35(48-2)33(40)22-30)24-36(44)42(23-27-14-15-28(38)21-32(27)39)34(20-26-8-4-3-5-9-26)37(45)41-29-10-6-7-11-29/h3-5,8-9,12-19,21-22,29,34H,6-7,10-11,20,23-24H2,1-2H3,(H,41,45). The van der Waals surface area contributed by atoms with Crippen LogP contribution in [0.25, 0.3) is 0 Å². The molecule has 0 bridgehead atoms. The number of carbonyl (C=O) groups excluding carboxylic acids is 2. The van der Waals surface area contributed by atoms with Gasteiger partial charge in [0.05, 0.1) is 22.7 Å². The van der Waals surface area contributed by atoms with Crippen LogP contribution in [-0.4, -0.2) is 50.9 Å². The lowest BCUT2D eigenvalue weighted by Gasteiger charge is -2.34. The van der Waals surface area contributed by atoms with E-state index in [0.717, 1.165) is 41.1 Å². The SMILES string of the molecule is COc1ccc(N(CC(=O)N(Cc2ccc(Cl)cc2Cl)C(Cc2ccccc2)C(=O)NC2CCCC2)S(=O)(=O)c2ccc(C)cc2)cc1Cl. The Balaban J connectivity index is 1.60. The largest absolute Gasteiger partial charge is 0.495 e. The molecule has 4 aromatic carbocycles. The van der Waals surface area contributed by atoms with Crippen LogP contribution in [0.5, 0.6) is 5.75 Å². The van der Waals surface area contributed by atoms with Crippen LogP contribution in [0.3, 0.4) is 0 Å². The quantitative estimate of drug-likeness (QED) is 0.151. The first-order valence-electron chi connectivity index (χ1n) is 16.0. The molecule has 1 aliphatic carbocycles. The Morgan fingerprint density at radius 2 is 1.59 bits per heavy atom. The highest BCUT2D eigenvalue weighted by Crippen LogP contribution is 2.33. The van der Waals surface area contributed by atoms with Crippen LogP contribution in [-0.2, 0) is 32.6 Å². The molecule has 0 saturated heterocycles. The molecule has 1 saturated carbocycles. The summed E-state index contributed by atoms with van der Waals surface area (Å²) in [5.74, 6) is -0.597. The van der Waals surface area contributed by atoms with Crippen molar-refractivity contribution in [3.8, 4) is 5.75 Å². The summed E-state index contributed by atoms with van der Waals surface area (Å²) in [4.78, 5) is 30.3. The van der Waals surface area contributed by atoms with Crippen molar-refractivity contribution in [1.82, 2.24) is 10.2 Å². The molecule has 8 nitrogen and oxygen atoms in total. The first-order chi connectivity index (χ1) is 23.5. The number of anilines is 1. The molecule has 12 heteroatoms. The number of sulfonamides is 1. The molecule has 1 N–H and O–H groups in total. The van der Waals surface area contributed by atoms with E-state index in [9.17, 15) is 18.0 Å². The van der Waals surface area contributed by atoms with Gasteiger partial charge in [0.1, 0.15) is 18.3 Å². The molecule has 49 heavy (non-hydrogen) atoms. The van der Waals surface area contributed by atoms with E-state index in [4.69, 9.17) is 39.5 Å². The smallest absolute Gasteiger partial charge is 0.264 e. The van der Waals surface area contributed by atoms with Crippen LogP contribution in [0.4, 0.5) is 5.69 Å². The van der Waals surface area contributed by atoms with E-state index < -0.39 is 28.5 Å². The molecular formula is C37H38Cl3N3O5S. The highest BCUT2D eigenvalue weighted by atomic mass is 35.5. The lowest BCUT2D eigenvalue weighted by molar-refractivity contribution is -0.140. The fraction of sp³-hybridized carbons (Fsp3) is 0.297. The second kappa shape index (κ2) is 16.3. The van der Waals surface area contributed by atoms with Crippen LogP contribution < -0.4 is 14.4 Å². The predicted octanol–water partition coefficient (Wildman–Crippen LogP) is 7.86. The molecule has 2 amide bonds. The molecule has 5 rings (SSSR count). The average Bonchev–Trinajstić information content (AvgIpc) is 3.59. The Labute approximate surface area is 303 Å². The van der Waals surface area contributed by atoms with Crippen molar-refractivity contribution in [2.24, 2.45) is 0 Å². The molecule has 1 aliphatic rings. The van der Waals surface area contributed by atoms with E-state index >= 15 is 0 Å². The van der Waals surface area contributed by atoms with Gasteiger partial charge >= 0.3 is 0 Å². The predicted molar refractivity (Wildman–Crippen MR) is 195 cm³/mol. The summed E-state index contributed by atoms with van der Waals surface area (Å²) < 4.78 is 34.9. The van der Waals surface area contributed by atoms with Crippen LogP contribution in [0.2, 0.25) is 15.1 Å². The number of halogens is 3. The highest BCUT2D eigenvalue weighted by molar-refractivity contribution is 7.92. The first-order valence-corrected chi connectivity index (χ1v) is 18.5. The van der Waals surface area contributed by atoms with Gasteiger partial charge in [-0.25, -0.2) is 8.42 Å². The number of nitrogens with zero attached hydrogens (tertiary/aromatic N) is 2. The third-order valence-corrected chi connectivity index (χ3v) is 11.3. The molecule has 258 valence electrons. The van der Waals surface area contributed by atoms with Gasteiger partial charge in [0.15, 0.2) is 0 Å². The Kier molecular flexibility index (Phi) is 12.1. The average molecular weight is 743 g/mol. The fourth-order valence-electron chi connectivity index (χ4n) is 5.93. The van der Waals surface area contributed by atoms with Crippen molar-refractivity contribution in [2.75, 3.05) is 18.0 Å². The zero-order valence-corrected chi connectivity index (χ0v) is 30.3. The van der Waals surface area contributed by atoms with Crippen molar-refractivity contribution >= 4 is 62.3 Å². The lowest BCUT2D eigenvalue weighted by atomic mass is 10.0. The summed E-state index contributed by atoms with van der Waals surface area (Å²) in [5, 5.41) is 4.05. The van der Waals surface area contributed by atoms with Gasteiger partial charge in [-0.05, 0) is 73.4 Å². The Morgan fingerprint density at radius 1 is 0.898 bits per heavy atom. The number of rotatable bonds is 13. The number of benzene rings is 4. The number of nitrogens with one attached hydrogen (secondary N) is 1. The summed E-state index contributed by atoms with van der Waals surface area (Å²) in [6.45, 7) is 1.14. The van der Waals surface area contributed by atoms with Gasteiger partial charge in [0, 0.05) is 29.1 Å². The number of carbonyl (C=O) groups is 2. The van der Waals surface area contributed by atoms with Gasteiger partial charge < -0.3 is 15.0 Å². The molecule has 1 unspecified atom stereocenters. The summed E-state index contributed by atoms with van der Waals surface area (Å²) in [5.41, 5.74) is 2.41. The number of hydrogen-bond donors (Lipinski definition) is 1. The number of methoxy groups -OCH3 is 1. The molecule has 0 aromatic heterocycles. The number of ether oxygens (including phenoxy) is 1. The molecule has 1 fully saturated rings. The van der Waals surface area contributed by atoms with Gasteiger partial charge in [-0.3, -0.25) is 13.9 Å². The summed E-state index contributed by atoms with van der Waals surface area (Å²) in [6.07, 6.45) is 3.90. The Morgan fingerprint density at radius 3 is 2.22 bits per heavy atom. The normalized spacial score (nSPS) is 13.9. The second-order valence-electron chi connectivity index (χ2n) is 12.1. The fourth-order valence-corrected chi connectivity index (χ4v) is 8.06. The van der Waals surface area contributed by atoms with E-state index in [2.05, 4.69) is 5.32 Å². The maximum atomic E-state index is 14.7. The molecule has 0 heterocycles. The van der Waals surface area contributed by atoms with E-state index in [1.165, 1.54) is 42.3 Å². The summed E-state index contributed by atoms with van der Waals surface area (Å²) in [6, 6.07) is 24.2. The van der Waals surface area contributed by atoms with E-state index in [1.807, 2.05) is 37.3 Å². The third-order valence-electron chi connectivity index (χ3n) is 8.64. The monoisotopic (exact) mass is 741 g/mol. The van der Waals surface area contributed by atoms with Gasteiger partial charge in [-0.15, -0.1) is 0 Å². The zero-order chi connectivity index (χ0) is 35.1. The minimum atomic E-state index is -4.30. The van der Waals surface area contributed by atoms with Crippen molar-refractivity contribution in [2.45, 2.75) is 62.6 Å². The minimum Gasteiger partial charge on any atom is -0.495 e. The van der Waals surface area contributed by atoms with E-state index in [0.29, 0.717) is 21.4 Å². The van der Waals surface area contributed by atoms with Crippen LogP contribution in [0.15, 0.2) is 95.9 Å². The second-order valence-corrected chi connectivity index (χ2v) is 15.2. The number of aryl methyl sites for hydroxylation is 1. The van der Waals surface area contributed by atoms with Crippen molar-refractivity contribution in [3.63, 3.8) is 0 Å². The third kappa shape index (κ3) is 9.08.